The Morgan fingerprint density at radius 2 is 2.16 bits per heavy atom. The van der Waals surface area contributed by atoms with E-state index >= 15 is 0 Å². The first-order valence-corrected chi connectivity index (χ1v) is 6.50. The van der Waals surface area contributed by atoms with Crippen LogP contribution in [-0.2, 0) is 11.3 Å². The zero-order chi connectivity index (χ0) is 14.3. The van der Waals surface area contributed by atoms with Gasteiger partial charge in [-0.05, 0) is 18.7 Å². The van der Waals surface area contributed by atoms with Gasteiger partial charge in [0.25, 0.3) is 0 Å². The fourth-order valence-corrected chi connectivity index (χ4v) is 1.84. The van der Waals surface area contributed by atoms with Crippen LogP contribution in [0.25, 0.3) is 0 Å². The summed E-state index contributed by atoms with van der Waals surface area (Å²) >= 11 is 0. The molecule has 0 aliphatic carbocycles. The Hall–Kier alpha value is -1.62. The second-order valence-corrected chi connectivity index (χ2v) is 4.36. The molecule has 0 fully saturated rings. The summed E-state index contributed by atoms with van der Waals surface area (Å²) in [5.41, 5.74) is 1.47. The van der Waals surface area contributed by atoms with Crippen molar-refractivity contribution in [2.24, 2.45) is 0 Å². The van der Waals surface area contributed by atoms with Gasteiger partial charge in [0.15, 0.2) is 0 Å². The van der Waals surface area contributed by atoms with Crippen molar-refractivity contribution in [3.63, 3.8) is 0 Å². The Balaban J connectivity index is 2.80. The quantitative estimate of drug-likeness (QED) is 0.787. The summed E-state index contributed by atoms with van der Waals surface area (Å²) in [6.45, 7) is 3.82. The second kappa shape index (κ2) is 7.74. The number of halogens is 1. The Bertz CT molecular complexity index is 423. The molecule has 0 aliphatic heterocycles. The number of hydrogen-bond acceptors (Lipinski definition) is 3. The molecule has 5 heteroatoms. The summed E-state index contributed by atoms with van der Waals surface area (Å²) in [5.74, 6) is -0.235. The first kappa shape index (κ1) is 15.4. The average Bonchev–Trinajstić information content (AvgIpc) is 2.42. The summed E-state index contributed by atoms with van der Waals surface area (Å²) in [7, 11) is 3.48. The molecule has 0 aliphatic rings. The van der Waals surface area contributed by atoms with Crippen molar-refractivity contribution >= 4 is 11.6 Å². The second-order valence-electron chi connectivity index (χ2n) is 4.36. The summed E-state index contributed by atoms with van der Waals surface area (Å²) in [6.07, 6.45) is 0.393. The van der Waals surface area contributed by atoms with Crippen LogP contribution in [0.3, 0.4) is 0 Å². The average molecular weight is 267 g/mol. The number of amides is 1. The van der Waals surface area contributed by atoms with Crippen LogP contribution in [0.5, 0.6) is 0 Å². The third-order valence-corrected chi connectivity index (χ3v) is 3.01. The van der Waals surface area contributed by atoms with E-state index in [4.69, 9.17) is 0 Å². The van der Waals surface area contributed by atoms with Gasteiger partial charge in [0.1, 0.15) is 5.82 Å². The molecule has 0 atom stereocenters. The van der Waals surface area contributed by atoms with Crippen LogP contribution < -0.4 is 15.5 Å². The van der Waals surface area contributed by atoms with E-state index in [9.17, 15) is 9.18 Å². The lowest BCUT2D eigenvalue weighted by Crippen LogP contribution is -2.27. The number of nitrogens with one attached hydrogen (secondary N) is 2. The van der Waals surface area contributed by atoms with Crippen LogP contribution in [0.1, 0.15) is 18.9 Å². The normalized spacial score (nSPS) is 10.3. The Kier molecular flexibility index (Phi) is 6.29. The van der Waals surface area contributed by atoms with Gasteiger partial charge in [-0.3, -0.25) is 4.79 Å². The van der Waals surface area contributed by atoms with E-state index in [1.54, 1.807) is 13.1 Å². The van der Waals surface area contributed by atoms with E-state index in [0.717, 1.165) is 12.2 Å². The largest absolute Gasteiger partial charge is 0.374 e. The van der Waals surface area contributed by atoms with Crippen molar-refractivity contribution in [1.29, 1.82) is 0 Å². The summed E-state index contributed by atoms with van der Waals surface area (Å²) in [6, 6.07) is 5.03. The van der Waals surface area contributed by atoms with Gasteiger partial charge in [0.05, 0.1) is 0 Å². The molecule has 0 spiro atoms. The Morgan fingerprint density at radius 1 is 1.42 bits per heavy atom. The number of rotatable bonds is 7. The molecule has 19 heavy (non-hydrogen) atoms. The Labute approximate surface area is 114 Å². The van der Waals surface area contributed by atoms with Gasteiger partial charge in [-0.25, -0.2) is 4.39 Å². The molecule has 0 saturated heterocycles. The summed E-state index contributed by atoms with van der Waals surface area (Å²) in [4.78, 5) is 13.2. The molecule has 1 rings (SSSR count). The van der Waals surface area contributed by atoms with E-state index in [2.05, 4.69) is 10.6 Å². The molecule has 4 nitrogen and oxygen atoms in total. The molecule has 0 heterocycles. The number of nitrogens with zero attached hydrogens (tertiary/aromatic N) is 1. The minimum atomic E-state index is -0.217. The van der Waals surface area contributed by atoms with E-state index in [0.29, 0.717) is 25.1 Å². The van der Waals surface area contributed by atoms with Crippen LogP contribution in [0.2, 0.25) is 0 Å². The lowest BCUT2D eigenvalue weighted by atomic mass is 10.1. The van der Waals surface area contributed by atoms with Gasteiger partial charge < -0.3 is 15.5 Å². The van der Waals surface area contributed by atoms with E-state index in [1.807, 2.05) is 24.9 Å². The van der Waals surface area contributed by atoms with Crippen LogP contribution in [-0.4, -0.2) is 33.1 Å². The van der Waals surface area contributed by atoms with Crippen molar-refractivity contribution in [3.8, 4) is 0 Å². The van der Waals surface area contributed by atoms with Crippen molar-refractivity contribution < 1.29 is 9.18 Å². The maximum absolute atomic E-state index is 13.9. The van der Waals surface area contributed by atoms with Crippen molar-refractivity contribution in [3.05, 3.63) is 29.6 Å². The molecule has 0 unspecified atom stereocenters. The highest BCUT2D eigenvalue weighted by atomic mass is 19.1. The first-order valence-electron chi connectivity index (χ1n) is 6.50. The third kappa shape index (κ3) is 4.52. The molecule has 0 radical (unpaired) electrons. The van der Waals surface area contributed by atoms with Crippen molar-refractivity contribution in [2.45, 2.75) is 19.9 Å². The molecular weight excluding hydrogens is 245 g/mol. The predicted molar refractivity (Wildman–Crippen MR) is 75.7 cm³/mol. The number of benzene rings is 1. The lowest BCUT2D eigenvalue weighted by Gasteiger charge is -2.22. The maximum atomic E-state index is 13.9. The monoisotopic (exact) mass is 267 g/mol. The SMILES string of the molecule is CCNCc1c(F)cccc1N(C)CCC(=O)NC. The summed E-state index contributed by atoms with van der Waals surface area (Å²) < 4.78 is 13.9. The predicted octanol–water partition coefficient (Wildman–Crippen LogP) is 1.51. The molecule has 0 aromatic heterocycles. The number of carbonyl (C=O) groups excluding carboxylic acids is 1. The fraction of sp³-hybridized carbons (Fsp3) is 0.500. The molecule has 2 N–H and O–H groups in total. The highest BCUT2D eigenvalue weighted by molar-refractivity contribution is 5.76. The number of anilines is 1. The van der Waals surface area contributed by atoms with Crippen molar-refractivity contribution in [2.75, 3.05) is 32.1 Å². The van der Waals surface area contributed by atoms with Crippen LogP contribution >= 0.6 is 0 Å². The topological polar surface area (TPSA) is 44.4 Å². The van der Waals surface area contributed by atoms with Gasteiger partial charge >= 0.3 is 0 Å². The van der Waals surface area contributed by atoms with Gasteiger partial charge in [-0.2, -0.15) is 0 Å². The molecule has 1 aromatic rings. The van der Waals surface area contributed by atoms with Gasteiger partial charge in [-0.1, -0.05) is 13.0 Å². The van der Waals surface area contributed by atoms with Gasteiger partial charge in [0, 0.05) is 44.9 Å². The molecule has 0 bridgehead atoms. The van der Waals surface area contributed by atoms with E-state index in [-0.39, 0.29) is 11.7 Å². The zero-order valence-corrected chi connectivity index (χ0v) is 11.8. The standard InChI is InChI=1S/C14H22FN3O/c1-4-17-10-11-12(15)6-5-7-13(11)18(3)9-8-14(19)16-2/h5-7,17H,4,8-10H2,1-3H3,(H,16,19). The Morgan fingerprint density at radius 3 is 2.79 bits per heavy atom. The highest BCUT2D eigenvalue weighted by Gasteiger charge is 2.12. The molecule has 1 amide bonds. The van der Waals surface area contributed by atoms with Crippen LogP contribution in [0, 0.1) is 5.82 Å². The van der Waals surface area contributed by atoms with Gasteiger partial charge in [0.2, 0.25) is 5.91 Å². The minimum absolute atomic E-state index is 0.0171. The van der Waals surface area contributed by atoms with E-state index < -0.39 is 0 Å². The minimum Gasteiger partial charge on any atom is -0.374 e. The highest BCUT2D eigenvalue weighted by Crippen LogP contribution is 2.22. The summed E-state index contributed by atoms with van der Waals surface area (Å²) in [5, 5.41) is 5.71. The molecule has 106 valence electrons. The third-order valence-electron chi connectivity index (χ3n) is 3.01. The molecular formula is C14H22FN3O. The smallest absolute Gasteiger partial charge is 0.221 e. The zero-order valence-electron chi connectivity index (χ0n) is 11.8. The van der Waals surface area contributed by atoms with Gasteiger partial charge in [-0.15, -0.1) is 0 Å². The van der Waals surface area contributed by atoms with Crippen LogP contribution in [0.4, 0.5) is 10.1 Å². The number of carbonyl (C=O) groups is 1. The fourth-order valence-electron chi connectivity index (χ4n) is 1.84. The maximum Gasteiger partial charge on any atom is 0.221 e. The molecule has 1 aromatic carbocycles. The lowest BCUT2D eigenvalue weighted by molar-refractivity contribution is -0.120. The molecule has 0 saturated carbocycles. The van der Waals surface area contributed by atoms with Crippen molar-refractivity contribution in [1.82, 2.24) is 10.6 Å². The van der Waals surface area contributed by atoms with E-state index in [1.165, 1.54) is 6.07 Å². The van der Waals surface area contributed by atoms with Crippen LogP contribution in [0.15, 0.2) is 18.2 Å². The number of hydrogen-bond donors (Lipinski definition) is 2. The first-order chi connectivity index (χ1) is 9.10.